The van der Waals surface area contributed by atoms with Gasteiger partial charge in [-0.2, -0.15) is 4.99 Å². The Morgan fingerprint density at radius 2 is 2.70 bits per heavy atom. The molecule has 0 aromatic carbocycles. The van der Waals surface area contributed by atoms with E-state index in [4.69, 9.17) is 0 Å². The van der Waals surface area contributed by atoms with Gasteiger partial charge in [0.05, 0.1) is 11.2 Å². The van der Waals surface area contributed by atoms with Gasteiger partial charge in [-0.1, -0.05) is 0 Å². The van der Waals surface area contributed by atoms with E-state index in [9.17, 15) is 4.79 Å². The fraction of sp³-hybridized carbons (Fsp3) is 0.333. The molecule has 1 heterocycles. The van der Waals surface area contributed by atoms with Gasteiger partial charge in [0, 0.05) is 5.38 Å². The zero-order valence-electron chi connectivity index (χ0n) is 5.44. The molecular formula is C6H6N2OS. The minimum Gasteiger partial charge on any atom is -0.247 e. The monoisotopic (exact) mass is 154 g/mol. The van der Waals surface area contributed by atoms with Crippen molar-refractivity contribution in [2.24, 2.45) is 4.99 Å². The first-order chi connectivity index (χ1) is 4.84. The second-order valence-electron chi connectivity index (χ2n) is 1.81. The van der Waals surface area contributed by atoms with E-state index in [1.807, 2.05) is 5.38 Å². The normalized spacial score (nSPS) is 12.1. The van der Waals surface area contributed by atoms with E-state index in [0.717, 1.165) is 5.69 Å². The van der Waals surface area contributed by atoms with Crippen molar-refractivity contribution in [1.82, 2.24) is 4.98 Å². The molecule has 0 aliphatic carbocycles. The van der Waals surface area contributed by atoms with Crippen molar-refractivity contribution in [2.75, 3.05) is 0 Å². The number of aliphatic imine (C=N–C) groups is 1. The summed E-state index contributed by atoms with van der Waals surface area (Å²) in [5.74, 6) is 0. The van der Waals surface area contributed by atoms with Crippen LogP contribution in [-0.4, -0.2) is 11.1 Å². The molecule has 1 aromatic rings. The fourth-order valence-electron chi connectivity index (χ4n) is 0.573. The molecule has 10 heavy (non-hydrogen) atoms. The summed E-state index contributed by atoms with van der Waals surface area (Å²) < 4.78 is 0. The standard InChI is InChI=1S/C6H6N2OS/c1-5(7-3-9)6-2-10-4-8-6/h2,4-5H,1H3. The molecule has 52 valence electrons. The molecule has 0 amide bonds. The highest BCUT2D eigenvalue weighted by Gasteiger charge is 2.03. The smallest absolute Gasteiger partial charge is 0.235 e. The molecular weight excluding hydrogens is 148 g/mol. The molecule has 0 saturated heterocycles. The lowest BCUT2D eigenvalue weighted by molar-refractivity contribution is 0.559. The zero-order chi connectivity index (χ0) is 7.40. The second-order valence-corrected chi connectivity index (χ2v) is 2.53. The Balaban J connectivity index is 2.76. The van der Waals surface area contributed by atoms with Crippen LogP contribution in [0.15, 0.2) is 15.9 Å². The zero-order valence-corrected chi connectivity index (χ0v) is 6.26. The third kappa shape index (κ3) is 1.50. The van der Waals surface area contributed by atoms with Crippen LogP contribution in [0.5, 0.6) is 0 Å². The Kier molecular flexibility index (Phi) is 2.31. The van der Waals surface area contributed by atoms with E-state index in [-0.39, 0.29) is 6.04 Å². The Hall–Kier alpha value is -0.990. The van der Waals surface area contributed by atoms with E-state index >= 15 is 0 Å². The van der Waals surface area contributed by atoms with Crippen LogP contribution in [0, 0.1) is 0 Å². The summed E-state index contributed by atoms with van der Waals surface area (Å²) in [5.41, 5.74) is 2.54. The summed E-state index contributed by atoms with van der Waals surface area (Å²) in [7, 11) is 0. The Morgan fingerprint density at radius 1 is 1.90 bits per heavy atom. The van der Waals surface area contributed by atoms with Gasteiger partial charge in [0.1, 0.15) is 6.04 Å². The molecule has 0 aliphatic heterocycles. The van der Waals surface area contributed by atoms with Gasteiger partial charge >= 0.3 is 0 Å². The van der Waals surface area contributed by atoms with Crippen molar-refractivity contribution < 1.29 is 4.79 Å². The molecule has 3 nitrogen and oxygen atoms in total. The van der Waals surface area contributed by atoms with Crippen molar-refractivity contribution in [3.05, 3.63) is 16.6 Å². The van der Waals surface area contributed by atoms with Crippen LogP contribution in [0.4, 0.5) is 0 Å². The molecule has 0 saturated carbocycles. The summed E-state index contributed by atoms with van der Waals surface area (Å²) in [4.78, 5) is 17.3. The molecule has 4 heteroatoms. The molecule has 0 bridgehead atoms. The number of hydrogen-bond donors (Lipinski definition) is 0. The van der Waals surface area contributed by atoms with E-state index in [1.165, 1.54) is 17.4 Å². The number of hydrogen-bond acceptors (Lipinski definition) is 4. The first-order valence-corrected chi connectivity index (χ1v) is 3.74. The Labute approximate surface area is 62.4 Å². The van der Waals surface area contributed by atoms with Crippen LogP contribution in [0.2, 0.25) is 0 Å². The van der Waals surface area contributed by atoms with Crippen LogP contribution in [-0.2, 0) is 4.79 Å². The lowest BCUT2D eigenvalue weighted by Gasteiger charge is -1.94. The van der Waals surface area contributed by atoms with E-state index < -0.39 is 0 Å². The summed E-state index contributed by atoms with van der Waals surface area (Å²) in [6.45, 7) is 1.81. The second kappa shape index (κ2) is 3.25. The third-order valence-corrected chi connectivity index (χ3v) is 1.73. The molecule has 1 atom stereocenters. The quantitative estimate of drug-likeness (QED) is 0.479. The molecule has 0 radical (unpaired) electrons. The molecule has 0 spiro atoms. The van der Waals surface area contributed by atoms with Gasteiger partial charge in [-0.3, -0.25) is 0 Å². The van der Waals surface area contributed by atoms with Crippen LogP contribution in [0.1, 0.15) is 18.7 Å². The molecule has 0 aliphatic rings. The van der Waals surface area contributed by atoms with Crippen LogP contribution in [0.25, 0.3) is 0 Å². The van der Waals surface area contributed by atoms with Gasteiger partial charge in [0.25, 0.3) is 0 Å². The number of carbonyl (C=O) groups excluding carboxylic acids is 1. The predicted octanol–water partition coefficient (Wildman–Crippen LogP) is 1.54. The SMILES string of the molecule is CC(N=C=O)c1cscn1. The Bertz CT molecular complexity index is 238. The van der Waals surface area contributed by atoms with Crippen molar-refractivity contribution in [1.29, 1.82) is 0 Å². The first kappa shape index (κ1) is 7.12. The van der Waals surface area contributed by atoms with Gasteiger partial charge < -0.3 is 0 Å². The number of aromatic nitrogens is 1. The highest BCUT2D eigenvalue weighted by atomic mass is 32.1. The maximum atomic E-state index is 9.79. The largest absolute Gasteiger partial charge is 0.247 e. The van der Waals surface area contributed by atoms with Gasteiger partial charge in [-0.05, 0) is 6.92 Å². The molecule has 1 aromatic heterocycles. The van der Waals surface area contributed by atoms with Crippen molar-refractivity contribution in [3.8, 4) is 0 Å². The summed E-state index contributed by atoms with van der Waals surface area (Å²) in [6, 6.07) is -0.149. The highest BCUT2D eigenvalue weighted by molar-refractivity contribution is 7.07. The van der Waals surface area contributed by atoms with Gasteiger partial charge in [0.15, 0.2) is 0 Å². The number of rotatable bonds is 2. The lowest BCUT2D eigenvalue weighted by atomic mass is 10.3. The number of nitrogens with zero attached hydrogens (tertiary/aromatic N) is 2. The van der Waals surface area contributed by atoms with Crippen LogP contribution in [0.3, 0.4) is 0 Å². The van der Waals surface area contributed by atoms with Gasteiger partial charge in [0.2, 0.25) is 6.08 Å². The molecule has 0 fully saturated rings. The van der Waals surface area contributed by atoms with Gasteiger partial charge in [-0.25, -0.2) is 9.78 Å². The summed E-state index contributed by atoms with van der Waals surface area (Å²) >= 11 is 1.49. The minimum atomic E-state index is -0.149. The topological polar surface area (TPSA) is 42.3 Å². The van der Waals surface area contributed by atoms with Crippen LogP contribution >= 0.6 is 11.3 Å². The van der Waals surface area contributed by atoms with E-state index in [2.05, 4.69) is 9.98 Å². The summed E-state index contributed by atoms with van der Waals surface area (Å²) in [6.07, 6.45) is 1.50. The maximum Gasteiger partial charge on any atom is 0.235 e. The number of thiazole rings is 1. The van der Waals surface area contributed by atoms with Crippen molar-refractivity contribution in [3.63, 3.8) is 0 Å². The Morgan fingerprint density at radius 3 is 3.20 bits per heavy atom. The lowest BCUT2D eigenvalue weighted by Crippen LogP contribution is -1.87. The first-order valence-electron chi connectivity index (χ1n) is 2.79. The van der Waals surface area contributed by atoms with Crippen molar-refractivity contribution >= 4 is 17.4 Å². The predicted molar refractivity (Wildman–Crippen MR) is 38.7 cm³/mol. The fourth-order valence-corrected chi connectivity index (χ4v) is 1.21. The van der Waals surface area contributed by atoms with E-state index in [0.29, 0.717) is 0 Å². The molecule has 1 rings (SSSR count). The molecule has 0 N–H and O–H groups in total. The highest BCUT2D eigenvalue weighted by Crippen LogP contribution is 2.14. The summed E-state index contributed by atoms with van der Waals surface area (Å²) in [5, 5.41) is 1.87. The average Bonchev–Trinajstić information content (AvgIpc) is 2.38. The third-order valence-electron chi connectivity index (χ3n) is 1.13. The average molecular weight is 154 g/mol. The maximum absolute atomic E-state index is 9.79. The molecule has 1 unspecified atom stereocenters. The van der Waals surface area contributed by atoms with Crippen molar-refractivity contribution in [2.45, 2.75) is 13.0 Å². The van der Waals surface area contributed by atoms with Gasteiger partial charge in [-0.15, -0.1) is 11.3 Å². The minimum absolute atomic E-state index is 0.149. The van der Waals surface area contributed by atoms with E-state index in [1.54, 1.807) is 12.4 Å². The number of isocyanates is 1. The van der Waals surface area contributed by atoms with Crippen LogP contribution < -0.4 is 0 Å².